The Morgan fingerprint density at radius 2 is 2.17 bits per heavy atom. The summed E-state index contributed by atoms with van der Waals surface area (Å²) in [6.07, 6.45) is 1.41. The van der Waals surface area contributed by atoms with E-state index in [1.54, 1.807) is 19.9 Å². The van der Waals surface area contributed by atoms with E-state index in [9.17, 15) is 19.8 Å². The molecule has 1 aliphatic rings. The Morgan fingerprint density at radius 3 is 2.69 bits per heavy atom. The zero-order valence-electron chi connectivity index (χ0n) is 17.7. The van der Waals surface area contributed by atoms with Crippen LogP contribution >= 0.6 is 11.3 Å². The standard InChI is InChI=1S/C22H31NO5S/c1-7-8-18(12(2)9-15-11-29-14(4)23-15)28-21(27)17-10-16(13(3)24)19(25)22(5,6)20(17)26/h7,9,11,13,16-18,20,24,26H,1,8,10H2,2-6H3/b12-9+/t13-,16-,17+,18?,20+/m1/s1. The maximum absolute atomic E-state index is 13.0. The molecule has 29 heavy (non-hydrogen) atoms. The lowest BCUT2D eigenvalue weighted by Crippen LogP contribution is -2.55. The number of carbonyl (C=O) groups excluding carboxylic acids is 2. The van der Waals surface area contributed by atoms with E-state index < -0.39 is 41.5 Å². The summed E-state index contributed by atoms with van der Waals surface area (Å²) in [5.74, 6) is -2.40. The van der Waals surface area contributed by atoms with Crippen LogP contribution in [-0.4, -0.2) is 45.3 Å². The first-order valence-corrected chi connectivity index (χ1v) is 10.7. The van der Waals surface area contributed by atoms with Crippen LogP contribution in [0.15, 0.2) is 23.6 Å². The van der Waals surface area contributed by atoms with E-state index in [1.165, 1.54) is 18.3 Å². The Morgan fingerprint density at radius 1 is 1.52 bits per heavy atom. The first-order chi connectivity index (χ1) is 13.5. The van der Waals surface area contributed by atoms with Crippen molar-refractivity contribution in [2.75, 3.05) is 0 Å². The second kappa shape index (κ2) is 9.32. The van der Waals surface area contributed by atoms with Crippen molar-refractivity contribution in [1.29, 1.82) is 0 Å². The van der Waals surface area contributed by atoms with Crippen molar-refractivity contribution in [3.8, 4) is 0 Å². The number of carbonyl (C=O) groups is 2. The van der Waals surface area contributed by atoms with Crippen LogP contribution in [0.2, 0.25) is 0 Å². The van der Waals surface area contributed by atoms with E-state index in [0.29, 0.717) is 6.42 Å². The minimum atomic E-state index is -1.17. The molecule has 2 N–H and O–H groups in total. The number of aromatic nitrogens is 1. The summed E-state index contributed by atoms with van der Waals surface area (Å²) < 4.78 is 5.74. The van der Waals surface area contributed by atoms with Crippen molar-refractivity contribution in [1.82, 2.24) is 4.98 Å². The van der Waals surface area contributed by atoms with Crippen molar-refractivity contribution in [3.63, 3.8) is 0 Å². The summed E-state index contributed by atoms with van der Waals surface area (Å²) in [4.78, 5) is 30.0. The number of ether oxygens (including phenoxy) is 1. The Labute approximate surface area is 176 Å². The number of aryl methyl sites for hydroxylation is 1. The van der Waals surface area contributed by atoms with E-state index in [1.807, 2.05) is 25.3 Å². The second-order valence-corrected chi connectivity index (χ2v) is 9.41. The van der Waals surface area contributed by atoms with E-state index in [2.05, 4.69) is 11.6 Å². The number of nitrogens with zero attached hydrogens (tertiary/aromatic N) is 1. The fourth-order valence-corrected chi connectivity index (χ4v) is 4.33. The predicted octanol–water partition coefficient (Wildman–Crippen LogP) is 3.32. The highest BCUT2D eigenvalue weighted by molar-refractivity contribution is 7.09. The number of hydrogen-bond donors (Lipinski definition) is 2. The lowest BCUT2D eigenvalue weighted by molar-refractivity contribution is -0.171. The van der Waals surface area contributed by atoms with Gasteiger partial charge in [0, 0.05) is 17.7 Å². The molecule has 2 rings (SSSR count). The molecule has 1 saturated carbocycles. The SMILES string of the molecule is C=CCC(OC(=O)[C@H]1C[C@H]([C@@H](C)O)C(=O)C(C)(C)[C@H]1O)/C(C)=C/c1csc(C)n1. The molecular weight excluding hydrogens is 390 g/mol. The van der Waals surface area contributed by atoms with Gasteiger partial charge in [0.15, 0.2) is 0 Å². The van der Waals surface area contributed by atoms with E-state index in [-0.39, 0.29) is 12.2 Å². The summed E-state index contributed by atoms with van der Waals surface area (Å²) in [5, 5.41) is 23.6. The van der Waals surface area contributed by atoms with Crippen molar-refractivity contribution >= 4 is 29.2 Å². The molecule has 0 amide bonds. The average molecular weight is 422 g/mol. The van der Waals surface area contributed by atoms with Gasteiger partial charge in [0.1, 0.15) is 11.9 Å². The van der Waals surface area contributed by atoms with Crippen LogP contribution in [0.4, 0.5) is 0 Å². The van der Waals surface area contributed by atoms with Crippen molar-refractivity contribution in [3.05, 3.63) is 34.3 Å². The Bertz CT molecular complexity index is 795. The molecule has 0 bridgehead atoms. The minimum Gasteiger partial charge on any atom is -0.457 e. The number of rotatable bonds is 7. The summed E-state index contributed by atoms with van der Waals surface area (Å²) in [6.45, 7) is 12.3. The van der Waals surface area contributed by atoms with Gasteiger partial charge >= 0.3 is 5.97 Å². The second-order valence-electron chi connectivity index (χ2n) is 8.35. The van der Waals surface area contributed by atoms with Gasteiger partial charge in [0.05, 0.1) is 34.2 Å². The molecular formula is C22H31NO5S. The van der Waals surface area contributed by atoms with Gasteiger partial charge in [0.2, 0.25) is 0 Å². The molecule has 0 aromatic carbocycles. The zero-order valence-corrected chi connectivity index (χ0v) is 18.5. The number of esters is 1. The first kappa shape index (κ1) is 23.4. The summed E-state index contributed by atoms with van der Waals surface area (Å²) >= 11 is 1.54. The summed E-state index contributed by atoms with van der Waals surface area (Å²) in [6, 6.07) is 0. The van der Waals surface area contributed by atoms with Gasteiger partial charge in [-0.3, -0.25) is 9.59 Å². The van der Waals surface area contributed by atoms with Crippen molar-refractivity contribution < 1.29 is 24.5 Å². The molecule has 0 radical (unpaired) electrons. The molecule has 0 saturated heterocycles. The van der Waals surface area contributed by atoms with E-state index in [4.69, 9.17) is 4.74 Å². The highest BCUT2D eigenvalue weighted by Crippen LogP contribution is 2.41. The number of hydrogen-bond acceptors (Lipinski definition) is 7. The van der Waals surface area contributed by atoms with Gasteiger partial charge < -0.3 is 14.9 Å². The highest BCUT2D eigenvalue weighted by Gasteiger charge is 2.52. The zero-order chi connectivity index (χ0) is 21.9. The van der Waals surface area contributed by atoms with E-state index >= 15 is 0 Å². The molecule has 1 aromatic heterocycles. The Balaban J connectivity index is 2.22. The number of Topliss-reactive ketones (excluding diaryl/α,β-unsaturated/α-hetero) is 1. The van der Waals surface area contributed by atoms with Gasteiger partial charge in [-0.2, -0.15) is 0 Å². The third kappa shape index (κ3) is 5.21. The van der Waals surface area contributed by atoms with Crippen LogP contribution < -0.4 is 0 Å². The van der Waals surface area contributed by atoms with Crippen LogP contribution in [0.1, 0.15) is 51.2 Å². The highest BCUT2D eigenvalue weighted by atomic mass is 32.1. The number of ketones is 1. The van der Waals surface area contributed by atoms with Crippen LogP contribution in [-0.2, 0) is 14.3 Å². The number of thiazole rings is 1. The Hall–Kier alpha value is -1.83. The molecule has 1 unspecified atom stereocenters. The van der Waals surface area contributed by atoms with Gasteiger partial charge in [-0.05, 0) is 38.8 Å². The third-order valence-corrected chi connectivity index (χ3v) is 6.44. The molecule has 1 aliphatic carbocycles. The number of aliphatic hydroxyl groups excluding tert-OH is 2. The molecule has 0 spiro atoms. The first-order valence-electron chi connectivity index (χ1n) is 9.81. The summed E-state index contributed by atoms with van der Waals surface area (Å²) in [5.41, 5.74) is 0.477. The van der Waals surface area contributed by atoms with Crippen LogP contribution in [0.3, 0.4) is 0 Å². The third-order valence-electron chi connectivity index (χ3n) is 5.64. The largest absolute Gasteiger partial charge is 0.457 e. The molecule has 5 atom stereocenters. The van der Waals surface area contributed by atoms with Crippen LogP contribution in [0.5, 0.6) is 0 Å². The Kier molecular flexibility index (Phi) is 7.54. The van der Waals surface area contributed by atoms with Gasteiger partial charge in [-0.1, -0.05) is 19.9 Å². The fourth-order valence-electron chi connectivity index (χ4n) is 3.76. The van der Waals surface area contributed by atoms with Gasteiger partial charge in [0.25, 0.3) is 0 Å². The maximum Gasteiger partial charge on any atom is 0.312 e. The lowest BCUT2D eigenvalue weighted by atomic mass is 9.63. The van der Waals surface area contributed by atoms with Gasteiger partial charge in [-0.15, -0.1) is 17.9 Å². The number of aliphatic hydroxyl groups is 2. The molecule has 160 valence electrons. The average Bonchev–Trinajstić information content (AvgIpc) is 3.04. The minimum absolute atomic E-state index is 0.0643. The molecule has 1 aromatic rings. The molecule has 0 aliphatic heterocycles. The lowest BCUT2D eigenvalue weighted by Gasteiger charge is -2.43. The van der Waals surface area contributed by atoms with Crippen LogP contribution in [0.25, 0.3) is 6.08 Å². The quantitative estimate of drug-likeness (QED) is 0.518. The van der Waals surface area contributed by atoms with Crippen molar-refractivity contribution in [2.24, 2.45) is 17.3 Å². The fraction of sp³-hybridized carbons (Fsp3) is 0.591. The normalized spacial score (nSPS) is 26.7. The monoisotopic (exact) mass is 421 g/mol. The molecule has 7 heteroatoms. The van der Waals surface area contributed by atoms with Gasteiger partial charge in [-0.25, -0.2) is 4.98 Å². The predicted molar refractivity (Wildman–Crippen MR) is 113 cm³/mol. The topological polar surface area (TPSA) is 96.7 Å². The molecule has 1 fully saturated rings. The molecule has 6 nitrogen and oxygen atoms in total. The summed E-state index contributed by atoms with van der Waals surface area (Å²) in [7, 11) is 0. The van der Waals surface area contributed by atoms with Crippen LogP contribution in [0, 0.1) is 24.2 Å². The smallest absolute Gasteiger partial charge is 0.312 e. The van der Waals surface area contributed by atoms with Crippen molar-refractivity contribution in [2.45, 2.75) is 65.8 Å². The molecule has 1 heterocycles. The maximum atomic E-state index is 13.0. The van der Waals surface area contributed by atoms with E-state index in [0.717, 1.165) is 16.3 Å².